The van der Waals surface area contributed by atoms with Crippen molar-refractivity contribution in [3.8, 4) is 12.3 Å². The van der Waals surface area contributed by atoms with Crippen LogP contribution < -0.4 is 68.9 Å². The SMILES string of the molecule is C#CC(O)CO.CO.O=P([O-])([O-])O.[Na+].[Na+].c1ccccc1. The van der Waals surface area contributed by atoms with Crippen LogP contribution in [0.2, 0.25) is 0 Å². The van der Waals surface area contributed by atoms with Crippen molar-refractivity contribution in [2.45, 2.75) is 6.10 Å². The molecule has 1 aromatic carbocycles. The number of terminal acetylenes is 1. The van der Waals surface area contributed by atoms with E-state index in [-0.39, 0.29) is 65.7 Å². The molecule has 0 amide bonds. The first-order valence-electron chi connectivity index (χ1n) is 4.75. The summed E-state index contributed by atoms with van der Waals surface area (Å²) < 4.78 is 8.66. The van der Waals surface area contributed by atoms with E-state index in [1.165, 1.54) is 0 Å². The topological polar surface area (TPSA) is 144 Å². The van der Waals surface area contributed by atoms with Crippen molar-refractivity contribution in [1.82, 2.24) is 0 Å². The van der Waals surface area contributed by atoms with Gasteiger partial charge in [0.2, 0.25) is 0 Å². The zero-order valence-corrected chi connectivity index (χ0v) is 17.2. The third-order valence-corrected chi connectivity index (χ3v) is 1.03. The summed E-state index contributed by atoms with van der Waals surface area (Å²) in [5.41, 5.74) is 0. The predicted octanol–water partition coefficient (Wildman–Crippen LogP) is -7.92. The molecule has 7 nitrogen and oxygen atoms in total. The van der Waals surface area contributed by atoms with Crippen molar-refractivity contribution < 1.29 is 93.7 Å². The van der Waals surface area contributed by atoms with Crippen molar-refractivity contribution in [2.24, 2.45) is 0 Å². The van der Waals surface area contributed by atoms with Gasteiger partial charge in [-0.1, -0.05) is 42.3 Å². The van der Waals surface area contributed by atoms with E-state index < -0.39 is 13.9 Å². The minimum Gasteiger partial charge on any atom is -0.790 e. The Morgan fingerprint density at radius 3 is 1.33 bits per heavy atom. The van der Waals surface area contributed by atoms with Gasteiger partial charge in [0.15, 0.2) is 0 Å². The molecule has 110 valence electrons. The Balaban J connectivity index is -0.0000000553. The van der Waals surface area contributed by atoms with E-state index in [1.54, 1.807) is 0 Å². The van der Waals surface area contributed by atoms with Gasteiger partial charge in [-0.25, -0.2) is 0 Å². The summed E-state index contributed by atoms with van der Waals surface area (Å²) in [6.07, 6.45) is 3.64. The zero-order valence-electron chi connectivity index (χ0n) is 12.3. The second-order valence-electron chi connectivity index (χ2n) is 2.49. The average molecular weight is 338 g/mol. The summed E-state index contributed by atoms with van der Waals surface area (Å²) in [6.45, 7) is -0.351. The third-order valence-electron chi connectivity index (χ3n) is 1.03. The third kappa shape index (κ3) is 63.1. The molecule has 0 aromatic heterocycles. The molecule has 0 spiro atoms. The van der Waals surface area contributed by atoms with Crippen LogP contribution in [0.1, 0.15) is 0 Å². The second-order valence-corrected chi connectivity index (χ2v) is 3.43. The Morgan fingerprint density at radius 1 is 1.10 bits per heavy atom. The maximum atomic E-state index is 8.66. The van der Waals surface area contributed by atoms with Crippen molar-refractivity contribution in [3.05, 3.63) is 36.4 Å². The number of aliphatic hydroxyl groups is 3. The van der Waals surface area contributed by atoms with Crippen LogP contribution in [0.5, 0.6) is 0 Å². The van der Waals surface area contributed by atoms with Gasteiger partial charge in [0.25, 0.3) is 0 Å². The maximum absolute atomic E-state index is 8.66. The number of hydrogen-bond acceptors (Lipinski definition) is 6. The van der Waals surface area contributed by atoms with E-state index in [9.17, 15) is 0 Å². The normalized spacial score (nSPS) is 9.05. The largest absolute Gasteiger partial charge is 1.00 e. The molecule has 1 unspecified atom stereocenters. The van der Waals surface area contributed by atoms with Crippen LogP contribution in [0, 0.1) is 12.3 Å². The van der Waals surface area contributed by atoms with E-state index >= 15 is 0 Å². The fourth-order valence-electron chi connectivity index (χ4n) is 0.438. The molecule has 0 saturated carbocycles. The second kappa shape index (κ2) is 25.7. The van der Waals surface area contributed by atoms with E-state index in [0.717, 1.165) is 7.11 Å². The number of phosphoric acid groups is 1. The Labute approximate surface area is 168 Å². The fourth-order valence-corrected chi connectivity index (χ4v) is 0.438. The van der Waals surface area contributed by atoms with E-state index in [4.69, 9.17) is 34.6 Å². The van der Waals surface area contributed by atoms with Crippen molar-refractivity contribution >= 4 is 7.82 Å². The summed E-state index contributed by atoms with van der Waals surface area (Å²) in [5.74, 6) is 1.92. The first kappa shape index (κ1) is 33.4. The van der Waals surface area contributed by atoms with Crippen LogP contribution in [0.25, 0.3) is 0 Å². The van der Waals surface area contributed by atoms with Gasteiger partial charge >= 0.3 is 59.1 Å². The maximum Gasteiger partial charge on any atom is 1.00 e. The van der Waals surface area contributed by atoms with Gasteiger partial charge in [-0.05, 0) is 0 Å². The van der Waals surface area contributed by atoms with Gasteiger partial charge in [0.05, 0.1) is 14.4 Å². The van der Waals surface area contributed by atoms with Gasteiger partial charge in [-0.15, -0.1) is 6.42 Å². The first-order chi connectivity index (χ1) is 8.81. The summed E-state index contributed by atoms with van der Waals surface area (Å²) in [7, 11) is -4.14. The molecule has 0 bridgehead atoms. The number of aliphatic hydroxyl groups excluding tert-OH is 3. The number of hydrogen-bond donors (Lipinski definition) is 4. The molecule has 10 heteroatoms. The van der Waals surface area contributed by atoms with Crippen LogP contribution in [0.4, 0.5) is 0 Å². The molecule has 1 aromatic rings. The Hall–Kier alpha value is 0.770. The van der Waals surface area contributed by atoms with Gasteiger partial charge in [-0.2, -0.15) is 0 Å². The zero-order chi connectivity index (χ0) is 15.7. The average Bonchev–Trinajstić information content (AvgIpc) is 2.41. The molecule has 0 aliphatic rings. The standard InChI is InChI=1S/C6H6.C4H6O2.CH4O.2Na.H3O4P/c1-2-4-6-5-3-1;1-2-4(6)3-5;1-2;;;1-5(2,3)4/h1-6H;1,4-6H,3H2;2H,1H3;;;(H3,1,2,3,4)/q;;;2*+1;/p-2. The van der Waals surface area contributed by atoms with Crippen LogP contribution in [-0.2, 0) is 4.57 Å². The molecule has 0 radical (unpaired) electrons. The van der Waals surface area contributed by atoms with Crippen LogP contribution >= 0.6 is 7.82 Å². The number of rotatable bonds is 1. The van der Waals surface area contributed by atoms with Crippen molar-refractivity contribution in [1.29, 1.82) is 0 Å². The molecule has 0 aliphatic heterocycles. The van der Waals surface area contributed by atoms with Crippen molar-refractivity contribution in [3.63, 3.8) is 0 Å². The molecule has 0 saturated heterocycles. The quantitative estimate of drug-likeness (QED) is 0.226. The minimum absolute atomic E-state index is 0. The van der Waals surface area contributed by atoms with Gasteiger partial charge in [0, 0.05) is 7.11 Å². The molecule has 4 N–H and O–H groups in total. The summed E-state index contributed by atoms with van der Waals surface area (Å²) in [5, 5.41) is 23.1. The molecular weight excluding hydrogens is 321 g/mol. The van der Waals surface area contributed by atoms with Gasteiger partial charge in [0.1, 0.15) is 6.10 Å². The molecule has 21 heavy (non-hydrogen) atoms. The Kier molecular flexibility index (Phi) is 40.9. The smallest absolute Gasteiger partial charge is 0.790 e. The summed E-state index contributed by atoms with van der Waals surface area (Å²) in [4.78, 5) is 24.3. The summed E-state index contributed by atoms with van der Waals surface area (Å²) >= 11 is 0. The first-order valence-corrected chi connectivity index (χ1v) is 6.25. The van der Waals surface area contributed by atoms with Crippen LogP contribution in [-0.4, -0.2) is 40.0 Å². The predicted molar refractivity (Wildman–Crippen MR) is 66.3 cm³/mol. The Morgan fingerprint density at radius 2 is 1.29 bits per heavy atom. The van der Waals surface area contributed by atoms with Crippen LogP contribution in [0.3, 0.4) is 0 Å². The molecule has 0 fully saturated rings. The molecular formula is C11H17Na2O7P. The van der Waals surface area contributed by atoms with E-state index in [1.807, 2.05) is 42.3 Å². The molecule has 1 atom stereocenters. The molecule has 0 aliphatic carbocycles. The Bertz CT molecular complexity index is 318. The van der Waals surface area contributed by atoms with Gasteiger partial charge in [-0.3, -0.25) is 0 Å². The molecule has 0 heterocycles. The van der Waals surface area contributed by atoms with Gasteiger partial charge < -0.3 is 34.6 Å². The van der Waals surface area contributed by atoms with E-state index in [0.29, 0.717) is 0 Å². The summed E-state index contributed by atoms with van der Waals surface area (Å²) in [6, 6.07) is 12.0. The minimum atomic E-state index is -5.14. The fraction of sp³-hybridized carbons (Fsp3) is 0.273. The monoisotopic (exact) mass is 338 g/mol. The van der Waals surface area contributed by atoms with Crippen molar-refractivity contribution in [2.75, 3.05) is 13.7 Å². The number of benzene rings is 1. The molecule has 1 rings (SSSR count). The van der Waals surface area contributed by atoms with E-state index in [2.05, 4.69) is 6.42 Å². The van der Waals surface area contributed by atoms with Crippen LogP contribution in [0.15, 0.2) is 36.4 Å².